The Morgan fingerprint density at radius 3 is 2.89 bits per heavy atom. The fourth-order valence-corrected chi connectivity index (χ4v) is 2.47. The first kappa shape index (κ1) is 13.1. The maximum atomic E-state index is 11.6. The van der Waals surface area contributed by atoms with Crippen LogP contribution in [-0.4, -0.2) is 27.8 Å². The number of carbonyl (C=O) groups is 1. The molecule has 5 heteroatoms. The van der Waals surface area contributed by atoms with Crippen molar-refractivity contribution in [3.63, 3.8) is 0 Å². The summed E-state index contributed by atoms with van der Waals surface area (Å²) in [7, 11) is 1.46. The van der Waals surface area contributed by atoms with Crippen LogP contribution in [0, 0.1) is 11.8 Å². The molecule has 0 N–H and O–H groups in total. The van der Waals surface area contributed by atoms with Crippen LogP contribution in [0.4, 0.5) is 0 Å². The predicted molar refractivity (Wildman–Crippen MR) is 67.0 cm³/mol. The van der Waals surface area contributed by atoms with Crippen molar-refractivity contribution in [2.45, 2.75) is 46.1 Å². The molecule has 0 saturated carbocycles. The fraction of sp³-hybridized carbons (Fsp3) is 0.769. The van der Waals surface area contributed by atoms with Gasteiger partial charge in [0.05, 0.1) is 13.0 Å². The molecule has 2 heterocycles. The summed E-state index contributed by atoms with van der Waals surface area (Å²) in [4.78, 5) is 11.6. The van der Waals surface area contributed by atoms with Crippen molar-refractivity contribution < 1.29 is 9.53 Å². The van der Waals surface area contributed by atoms with Crippen molar-refractivity contribution >= 4 is 5.97 Å². The van der Waals surface area contributed by atoms with Crippen molar-refractivity contribution in [2.75, 3.05) is 7.11 Å². The van der Waals surface area contributed by atoms with Crippen LogP contribution in [-0.2, 0) is 28.9 Å². The molecule has 18 heavy (non-hydrogen) atoms. The van der Waals surface area contributed by atoms with Gasteiger partial charge in [0.25, 0.3) is 0 Å². The minimum absolute atomic E-state index is 0.00333. The first-order valence-corrected chi connectivity index (χ1v) is 6.60. The minimum Gasteiger partial charge on any atom is -0.469 e. The van der Waals surface area contributed by atoms with E-state index in [0.29, 0.717) is 5.92 Å². The Bertz CT molecular complexity index is 426. The summed E-state index contributed by atoms with van der Waals surface area (Å²) in [5.41, 5.74) is 0. The first-order chi connectivity index (χ1) is 8.61. The zero-order valence-electron chi connectivity index (χ0n) is 11.3. The molecule has 0 fully saturated rings. The molecule has 1 aromatic rings. The number of fused-ring (bicyclic) bond motifs is 1. The van der Waals surface area contributed by atoms with Crippen molar-refractivity contribution in [3.8, 4) is 0 Å². The van der Waals surface area contributed by atoms with Gasteiger partial charge in [-0.1, -0.05) is 13.8 Å². The zero-order chi connectivity index (χ0) is 13.1. The van der Waals surface area contributed by atoms with Crippen LogP contribution >= 0.6 is 0 Å². The molecule has 0 spiro atoms. The van der Waals surface area contributed by atoms with Crippen molar-refractivity contribution in [3.05, 3.63) is 11.6 Å². The van der Waals surface area contributed by atoms with Crippen molar-refractivity contribution in [2.24, 2.45) is 11.8 Å². The van der Waals surface area contributed by atoms with Gasteiger partial charge >= 0.3 is 5.97 Å². The van der Waals surface area contributed by atoms with Gasteiger partial charge in [0, 0.05) is 19.4 Å². The van der Waals surface area contributed by atoms with Gasteiger partial charge in [0.15, 0.2) is 0 Å². The number of ether oxygens (including phenoxy) is 1. The van der Waals surface area contributed by atoms with E-state index in [1.165, 1.54) is 7.11 Å². The fourth-order valence-electron chi connectivity index (χ4n) is 2.47. The molecule has 100 valence electrons. The quantitative estimate of drug-likeness (QED) is 0.766. The number of hydrogen-bond acceptors (Lipinski definition) is 4. The minimum atomic E-state index is -0.0980. The molecule has 5 nitrogen and oxygen atoms in total. The molecular weight excluding hydrogens is 230 g/mol. The Balaban J connectivity index is 2.11. The van der Waals surface area contributed by atoms with Crippen molar-refractivity contribution in [1.29, 1.82) is 0 Å². The van der Waals surface area contributed by atoms with E-state index in [0.717, 1.165) is 43.9 Å². The Morgan fingerprint density at radius 2 is 2.22 bits per heavy atom. The number of esters is 1. The molecule has 1 atom stereocenters. The predicted octanol–water partition coefficient (Wildman–Crippen LogP) is 1.60. The largest absolute Gasteiger partial charge is 0.469 e. The third-order valence-electron chi connectivity index (χ3n) is 3.45. The molecule has 0 radical (unpaired) electrons. The number of nitrogens with zero attached hydrogens (tertiary/aromatic N) is 3. The van der Waals surface area contributed by atoms with E-state index >= 15 is 0 Å². The topological polar surface area (TPSA) is 57.0 Å². The van der Waals surface area contributed by atoms with Gasteiger partial charge in [0.1, 0.15) is 11.6 Å². The second kappa shape index (κ2) is 5.50. The van der Waals surface area contributed by atoms with Crippen LogP contribution in [0.25, 0.3) is 0 Å². The summed E-state index contributed by atoms with van der Waals surface area (Å²) >= 11 is 0. The van der Waals surface area contributed by atoms with Gasteiger partial charge in [-0.25, -0.2) is 0 Å². The molecule has 1 aliphatic heterocycles. The summed E-state index contributed by atoms with van der Waals surface area (Å²) < 4.78 is 7.01. The third kappa shape index (κ3) is 2.71. The molecule has 2 rings (SSSR count). The van der Waals surface area contributed by atoms with E-state index in [4.69, 9.17) is 4.74 Å². The van der Waals surface area contributed by atoms with E-state index in [1.807, 2.05) is 0 Å². The molecule has 1 unspecified atom stereocenters. The van der Waals surface area contributed by atoms with Crippen LogP contribution in [0.2, 0.25) is 0 Å². The summed E-state index contributed by atoms with van der Waals surface area (Å²) in [6.07, 6.45) is 3.38. The molecule has 0 saturated heterocycles. The van der Waals surface area contributed by atoms with Crippen LogP contribution in [0.1, 0.15) is 38.3 Å². The lowest BCUT2D eigenvalue weighted by Crippen LogP contribution is -2.17. The number of methoxy groups -OCH3 is 1. The number of hydrogen-bond donors (Lipinski definition) is 0. The highest BCUT2D eigenvalue weighted by atomic mass is 16.5. The molecule has 0 aliphatic carbocycles. The lowest BCUT2D eigenvalue weighted by atomic mass is 10.0. The number of aryl methyl sites for hydroxylation is 1. The zero-order valence-corrected chi connectivity index (χ0v) is 11.3. The number of aromatic nitrogens is 3. The lowest BCUT2D eigenvalue weighted by molar-refractivity contribution is -0.145. The second-order valence-electron chi connectivity index (χ2n) is 5.33. The summed E-state index contributed by atoms with van der Waals surface area (Å²) in [6, 6.07) is 0. The first-order valence-electron chi connectivity index (χ1n) is 6.60. The monoisotopic (exact) mass is 251 g/mol. The molecule has 1 aliphatic rings. The van der Waals surface area contributed by atoms with Gasteiger partial charge in [0.2, 0.25) is 0 Å². The van der Waals surface area contributed by atoms with Crippen LogP contribution in [0.3, 0.4) is 0 Å². The Labute approximate surface area is 108 Å². The average molecular weight is 251 g/mol. The molecule has 0 aromatic carbocycles. The number of rotatable bonds is 3. The molecular formula is C13H21N3O2. The summed E-state index contributed by atoms with van der Waals surface area (Å²) in [5.74, 6) is 2.53. The summed E-state index contributed by atoms with van der Waals surface area (Å²) in [6.45, 7) is 5.18. The SMILES string of the molecule is COC(=O)C1CCc2nnc(CC(C)C)n2CC1. The third-order valence-corrected chi connectivity index (χ3v) is 3.45. The molecule has 0 bridgehead atoms. The second-order valence-corrected chi connectivity index (χ2v) is 5.33. The van der Waals surface area contributed by atoms with Crippen LogP contribution in [0.5, 0.6) is 0 Å². The standard InChI is InChI=1S/C13H21N3O2/c1-9(2)8-12-15-14-11-5-4-10(13(17)18-3)6-7-16(11)12/h9-10H,4-8H2,1-3H3. The molecule has 0 amide bonds. The Hall–Kier alpha value is -1.39. The maximum absolute atomic E-state index is 11.6. The highest BCUT2D eigenvalue weighted by Gasteiger charge is 2.25. The van der Waals surface area contributed by atoms with E-state index in [2.05, 4.69) is 28.6 Å². The lowest BCUT2D eigenvalue weighted by Gasteiger charge is -2.11. The maximum Gasteiger partial charge on any atom is 0.308 e. The van der Waals surface area contributed by atoms with Gasteiger partial charge in [-0.3, -0.25) is 4.79 Å². The van der Waals surface area contributed by atoms with Gasteiger partial charge in [-0.2, -0.15) is 0 Å². The smallest absolute Gasteiger partial charge is 0.308 e. The van der Waals surface area contributed by atoms with E-state index in [1.54, 1.807) is 0 Å². The Kier molecular flexibility index (Phi) is 3.99. The Morgan fingerprint density at radius 1 is 1.44 bits per heavy atom. The van der Waals surface area contributed by atoms with Crippen LogP contribution < -0.4 is 0 Å². The van der Waals surface area contributed by atoms with E-state index in [-0.39, 0.29) is 11.9 Å². The molecule has 1 aromatic heterocycles. The normalized spacial score (nSPS) is 19.4. The number of carbonyl (C=O) groups excluding carboxylic acids is 1. The van der Waals surface area contributed by atoms with E-state index < -0.39 is 0 Å². The van der Waals surface area contributed by atoms with Crippen molar-refractivity contribution in [1.82, 2.24) is 14.8 Å². The highest BCUT2D eigenvalue weighted by molar-refractivity contribution is 5.72. The van der Waals surface area contributed by atoms with Crippen LogP contribution in [0.15, 0.2) is 0 Å². The average Bonchev–Trinajstić information content (AvgIpc) is 2.59. The van der Waals surface area contributed by atoms with Gasteiger partial charge < -0.3 is 9.30 Å². The summed E-state index contributed by atoms with van der Waals surface area (Å²) in [5, 5.41) is 8.52. The van der Waals surface area contributed by atoms with Gasteiger partial charge in [-0.15, -0.1) is 10.2 Å². The highest BCUT2D eigenvalue weighted by Crippen LogP contribution is 2.22. The van der Waals surface area contributed by atoms with Gasteiger partial charge in [-0.05, 0) is 18.8 Å². The van der Waals surface area contributed by atoms with E-state index in [9.17, 15) is 4.79 Å².